The highest BCUT2D eigenvalue weighted by Gasteiger charge is 2.22. The second-order valence-electron chi connectivity index (χ2n) is 3.47. The van der Waals surface area contributed by atoms with Crippen molar-refractivity contribution in [1.82, 2.24) is 4.98 Å². The van der Waals surface area contributed by atoms with Crippen LogP contribution in [0.25, 0.3) is 10.9 Å². The molecule has 0 spiro atoms. The van der Waals surface area contributed by atoms with Crippen LogP contribution in [0.3, 0.4) is 0 Å². The fraction of sp³-hybridized carbons (Fsp3) is 0.0909. The summed E-state index contributed by atoms with van der Waals surface area (Å²) in [6, 6.07) is 4.85. The first-order chi connectivity index (χ1) is 8.90. The first-order valence-corrected chi connectivity index (χ1v) is 6.84. The Morgan fingerprint density at radius 2 is 2.11 bits per heavy atom. The highest BCUT2D eigenvalue weighted by atomic mass is 79.9. The second kappa shape index (κ2) is 5.60. The molecule has 0 aliphatic rings. The molecular weight excluding hydrogens is 408 g/mol. The van der Waals surface area contributed by atoms with Gasteiger partial charge in [0.05, 0.1) is 4.47 Å². The van der Waals surface area contributed by atoms with E-state index >= 15 is 0 Å². The predicted octanol–water partition coefficient (Wildman–Crippen LogP) is 4.17. The van der Waals surface area contributed by atoms with Crippen molar-refractivity contribution in [2.24, 2.45) is 0 Å². The van der Waals surface area contributed by atoms with Crippen molar-refractivity contribution in [2.45, 2.75) is 6.36 Å². The van der Waals surface area contributed by atoms with Gasteiger partial charge in [-0.05, 0) is 34.1 Å². The minimum Gasteiger partial charge on any atom is -0.476 e. The third-order valence-electron chi connectivity index (χ3n) is 2.22. The van der Waals surface area contributed by atoms with Gasteiger partial charge in [0.15, 0.2) is 5.75 Å². The first-order valence-electron chi connectivity index (χ1n) is 4.88. The summed E-state index contributed by atoms with van der Waals surface area (Å²) in [5.41, 5.74) is 0.262. The molecule has 4 nitrogen and oxygen atoms in total. The van der Waals surface area contributed by atoms with E-state index in [1.54, 1.807) is 18.2 Å². The van der Waals surface area contributed by atoms with Crippen molar-refractivity contribution in [3.05, 3.63) is 32.3 Å². The smallest absolute Gasteiger partial charge is 0.378 e. The molecule has 1 N–H and O–H groups in total. The summed E-state index contributed by atoms with van der Waals surface area (Å²) in [6.45, 7) is 0. The van der Waals surface area contributed by atoms with E-state index in [9.17, 15) is 9.18 Å². The number of ether oxygens (including phenoxy) is 1. The van der Waals surface area contributed by atoms with E-state index in [1.807, 2.05) is 0 Å². The maximum absolute atomic E-state index is 13.2. The number of aliphatic carboxylic acids is 1. The zero-order valence-corrected chi connectivity index (χ0v) is 13.0. The number of aromatic nitrogens is 1. The normalized spacial score (nSPS) is 12.4. The number of hydrogen-bond acceptors (Lipinski definition) is 3. The monoisotopic (exact) mass is 411 g/mol. The number of halogens is 4. The van der Waals surface area contributed by atoms with E-state index in [2.05, 4.69) is 36.8 Å². The van der Waals surface area contributed by atoms with E-state index in [1.165, 1.54) is 0 Å². The number of fused-ring (bicyclic) bond motifs is 1. The highest BCUT2D eigenvalue weighted by molar-refractivity contribution is 9.11. The molecule has 0 saturated carbocycles. The lowest BCUT2D eigenvalue weighted by Crippen LogP contribution is -2.21. The van der Waals surface area contributed by atoms with Gasteiger partial charge in [-0.2, -0.15) is 4.39 Å². The molecule has 1 aromatic heterocycles. The lowest BCUT2D eigenvalue weighted by Gasteiger charge is -2.13. The Hall–Kier alpha value is -0.920. The van der Waals surface area contributed by atoms with E-state index in [-0.39, 0.29) is 16.4 Å². The molecule has 1 heterocycles. The number of hydrogen-bond donors (Lipinski definition) is 1. The summed E-state index contributed by atoms with van der Waals surface area (Å²) in [4.78, 5) is 14.5. The van der Waals surface area contributed by atoms with Crippen LogP contribution in [0.2, 0.25) is 5.15 Å². The Labute approximate surface area is 128 Å². The third kappa shape index (κ3) is 2.98. The van der Waals surface area contributed by atoms with Gasteiger partial charge in [-0.15, -0.1) is 0 Å². The molecule has 1 atom stereocenters. The average Bonchev–Trinajstić information content (AvgIpc) is 2.33. The molecule has 0 bridgehead atoms. The number of nitrogens with zero attached hydrogens (tertiary/aromatic N) is 1. The summed E-state index contributed by atoms with van der Waals surface area (Å²) >= 11 is 12.3. The minimum atomic E-state index is -2.48. The maximum atomic E-state index is 13.2. The van der Waals surface area contributed by atoms with Crippen LogP contribution >= 0.6 is 43.5 Å². The lowest BCUT2D eigenvalue weighted by atomic mass is 10.2. The van der Waals surface area contributed by atoms with Crippen molar-refractivity contribution in [1.29, 1.82) is 0 Å². The van der Waals surface area contributed by atoms with Gasteiger partial charge in [-0.25, -0.2) is 9.78 Å². The number of carbonyl (C=O) groups is 1. The first kappa shape index (κ1) is 14.5. The van der Waals surface area contributed by atoms with Gasteiger partial charge in [-0.3, -0.25) is 0 Å². The lowest BCUT2D eigenvalue weighted by molar-refractivity contribution is -0.153. The van der Waals surface area contributed by atoms with Gasteiger partial charge in [0.2, 0.25) is 0 Å². The van der Waals surface area contributed by atoms with E-state index < -0.39 is 12.3 Å². The largest absolute Gasteiger partial charge is 0.476 e. The number of rotatable bonds is 3. The van der Waals surface area contributed by atoms with Crippen LogP contribution in [0, 0.1) is 0 Å². The summed E-state index contributed by atoms with van der Waals surface area (Å²) in [6.07, 6.45) is -2.48. The van der Waals surface area contributed by atoms with Crippen LogP contribution in [0.1, 0.15) is 0 Å². The van der Waals surface area contributed by atoms with Crippen molar-refractivity contribution < 1.29 is 19.0 Å². The Bertz CT molecular complexity index is 668. The highest BCUT2D eigenvalue weighted by Crippen LogP contribution is 2.38. The zero-order valence-electron chi connectivity index (χ0n) is 9.03. The average molecular weight is 413 g/mol. The molecule has 0 radical (unpaired) electrons. The fourth-order valence-electron chi connectivity index (χ4n) is 1.43. The number of alkyl halides is 1. The molecule has 0 amide bonds. The van der Waals surface area contributed by atoms with E-state index in [0.717, 1.165) is 0 Å². The molecule has 2 aromatic rings. The van der Waals surface area contributed by atoms with E-state index in [4.69, 9.17) is 21.4 Å². The Morgan fingerprint density at radius 1 is 1.42 bits per heavy atom. The van der Waals surface area contributed by atoms with E-state index in [0.29, 0.717) is 14.3 Å². The zero-order chi connectivity index (χ0) is 14.2. The quantitative estimate of drug-likeness (QED) is 0.768. The fourth-order valence-corrected chi connectivity index (χ4v) is 2.95. The molecule has 0 aliphatic heterocycles. The third-order valence-corrected chi connectivity index (χ3v) is 3.68. The van der Waals surface area contributed by atoms with Gasteiger partial charge in [-0.1, -0.05) is 27.5 Å². The van der Waals surface area contributed by atoms with Crippen molar-refractivity contribution in [3.63, 3.8) is 0 Å². The Kier molecular flexibility index (Phi) is 4.27. The summed E-state index contributed by atoms with van der Waals surface area (Å²) in [5, 5.41) is 9.36. The van der Waals surface area contributed by atoms with Crippen LogP contribution in [0.4, 0.5) is 4.39 Å². The van der Waals surface area contributed by atoms with Gasteiger partial charge in [0.25, 0.3) is 0 Å². The number of pyridine rings is 1. The van der Waals surface area contributed by atoms with Gasteiger partial charge in [0.1, 0.15) is 10.7 Å². The van der Waals surface area contributed by atoms with Crippen LogP contribution in [0.15, 0.2) is 27.1 Å². The molecule has 1 aromatic carbocycles. The van der Waals surface area contributed by atoms with Crippen LogP contribution in [0.5, 0.6) is 5.75 Å². The topological polar surface area (TPSA) is 59.4 Å². The molecule has 0 aliphatic carbocycles. The summed E-state index contributed by atoms with van der Waals surface area (Å²) < 4.78 is 19.0. The predicted molar refractivity (Wildman–Crippen MR) is 75.3 cm³/mol. The number of carboxylic acids is 1. The molecule has 0 saturated heterocycles. The standard InChI is InChI=1S/C11H5Br2ClFNO3/c12-5-3-6(13)9(19-10(15)11(17)18)8-4(5)1-2-7(14)16-8/h1-3,10H,(H,17,18). The molecule has 1 unspecified atom stereocenters. The van der Waals surface area contributed by atoms with Crippen molar-refractivity contribution in [2.75, 3.05) is 0 Å². The molecule has 0 fully saturated rings. The molecule has 19 heavy (non-hydrogen) atoms. The van der Waals surface area contributed by atoms with Crippen LogP contribution < -0.4 is 4.74 Å². The van der Waals surface area contributed by atoms with Gasteiger partial charge >= 0.3 is 12.3 Å². The van der Waals surface area contributed by atoms with Crippen molar-refractivity contribution in [3.8, 4) is 5.75 Å². The second-order valence-corrected chi connectivity index (χ2v) is 5.57. The Balaban J connectivity index is 2.64. The van der Waals surface area contributed by atoms with Gasteiger partial charge in [0, 0.05) is 9.86 Å². The minimum absolute atomic E-state index is 0.0180. The van der Waals surface area contributed by atoms with Crippen molar-refractivity contribution >= 4 is 60.3 Å². The van der Waals surface area contributed by atoms with Gasteiger partial charge < -0.3 is 9.84 Å². The number of carboxylic acid groups (broad SMARTS) is 1. The SMILES string of the molecule is O=C(O)C(F)Oc1c(Br)cc(Br)c2ccc(Cl)nc12. The molecule has 2 rings (SSSR count). The molecule has 100 valence electrons. The van der Waals surface area contributed by atoms with Crippen LogP contribution in [-0.2, 0) is 4.79 Å². The maximum Gasteiger partial charge on any atom is 0.378 e. The Morgan fingerprint density at radius 3 is 2.74 bits per heavy atom. The number of benzene rings is 1. The summed E-state index contributed by atoms with van der Waals surface area (Å²) in [5.74, 6) is -1.74. The molecular formula is C11H5Br2ClFNO3. The molecule has 8 heteroatoms. The summed E-state index contributed by atoms with van der Waals surface area (Å²) in [7, 11) is 0. The van der Waals surface area contributed by atoms with Crippen LogP contribution in [-0.4, -0.2) is 22.4 Å².